The zero-order chi connectivity index (χ0) is 41.5. The quantitative estimate of drug-likeness (QED) is 0.210. The standard InChI is InChI=1S/C41H48ClN5O10S/c1-22-7-5-6-8-26-20-41(26,39(50)46-58(53,54)29-11-12-29)45-36(48)33-19-28(21-47(33)38(49)35(23(2)15-22)44-40(51)52)57-37-30-13-10-27(55-3)16-25(30)18-32(43-37)24-9-14-34(56-4)31(42)17-24/h6,8-10,13-14,16-18,22-23,26,28-29,33,35,44H,5,7,11-12,15,19-21H2,1-4H3,(H,45,48)(H,46,50)(H,51,52)/b8-6-/t22-,23-,26-,28-,33+,35+,41-/m1/s1. The van der Waals surface area contributed by atoms with Crippen LogP contribution in [0.15, 0.2) is 54.6 Å². The summed E-state index contributed by atoms with van der Waals surface area (Å²) in [7, 11) is -0.864. The third kappa shape index (κ3) is 8.53. The van der Waals surface area contributed by atoms with Gasteiger partial charge in [0.05, 0.1) is 36.7 Å². The average molecular weight is 838 g/mol. The topological polar surface area (TPSA) is 203 Å². The lowest BCUT2D eigenvalue weighted by atomic mass is 9.88. The number of halogens is 1. The van der Waals surface area contributed by atoms with Crippen LogP contribution in [0, 0.1) is 17.8 Å². The number of fused-ring (bicyclic) bond motifs is 3. The number of sulfonamides is 1. The molecule has 3 fully saturated rings. The van der Waals surface area contributed by atoms with Crippen LogP contribution in [0.4, 0.5) is 4.79 Å². The molecule has 0 bridgehead atoms. The zero-order valence-corrected chi connectivity index (χ0v) is 34.3. The van der Waals surface area contributed by atoms with Gasteiger partial charge < -0.3 is 34.9 Å². The van der Waals surface area contributed by atoms with Gasteiger partial charge in [-0.05, 0) is 98.2 Å². The lowest BCUT2D eigenvalue weighted by Gasteiger charge is -2.32. The average Bonchev–Trinajstić information content (AvgIpc) is 4.11. The van der Waals surface area contributed by atoms with Crippen LogP contribution in [0.25, 0.3) is 22.0 Å². The molecule has 15 nitrogen and oxygen atoms in total. The summed E-state index contributed by atoms with van der Waals surface area (Å²) in [6.07, 6.45) is 4.45. The van der Waals surface area contributed by atoms with Crippen molar-refractivity contribution in [3.05, 3.63) is 59.6 Å². The van der Waals surface area contributed by atoms with Crippen molar-refractivity contribution < 1.29 is 46.9 Å². The number of benzene rings is 2. The first kappa shape index (κ1) is 41.1. The summed E-state index contributed by atoms with van der Waals surface area (Å²) >= 11 is 6.49. The van der Waals surface area contributed by atoms with Gasteiger partial charge in [-0.1, -0.05) is 37.6 Å². The summed E-state index contributed by atoms with van der Waals surface area (Å²) in [5.41, 5.74) is -0.385. The van der Waals surface area contributed by atoms with E-state index >= 15 is 0 Å². The minimum Gasteiger partial charge on any atom is -0.497 e. The molecule has 1 aromatic heterocycles. The number of hydrogen-bond donors (Lipinski definition) is 4. The molecule has 4 N–H and O–H groups in total. The number of nitrogens with one attached hydrogen (secondary N) is 3. The number of ether oxygens (including phenoxy) is 3. The van der Waals surface area contributed by atoms with Crippen molar-refractivity contribution in [2.75, 3.05) is 20.8 Å². The van der Waals surface area contributed by atoms with Gasteiger partial charge in [-0.3, -0.25) is 19.1 Å². The van der Waals surface area contributed by atoms with E-state index in [2.05, 4.69) is 15.4 Å². The molecule has 2 saturated carbocycles. The van der Waals surface area contributed by atoms with Crippen LogP contribution in [0.3, 0.4) is 0 Å². The Hall–Kier alpha value is -5.09. The van der Waals surface area contributed by atoms with Crippen LogP contribution in [0.1, 0.15) is 58.8 Å². The molecule has 7 atom stereocenters. The van der Waals surface area contributed by atoms with Crippen molar-refractivity contribution in [2.45, 2.75) is 87.8 Å². The third-order valence-corrected chi connectivity index (χ3v) is 13.7. The number of carbonyl (C=O) groups is 4. The molecule has 4 amide bonds. The van der Waals surface area contributed by atoms with E-state index in [-0.39, 0.29) is 31.2 Å². The predicted octanol–water partition coefficient (Wildman–Crippen LogP) is 5.05. The van der Waals surface area contributed by atoms with Gasteiger partial charge in [0, 0.05) is 23.3 Å². The zero-order valence-electron chi connectivity index (χ0n) is 32.7. The number of hydrogen-bond acceptors (Lipinski definition) is 10. The fourth-order valence-electron chi connectivity index (χ4n) is 8.18. The van der Waals surface area contributed by atoms with E-state index in [1.54, 1.807) is 44.4 Å². The maximum Gasteiger partial charge on any atom is 0.405 e. The Labute approximate surface area is 341 Å². The highest BCUT2D eigenvalue weighted by molar-refractivity contribution is 7.91. The number of allylic oxidation sites excluding steroid dienone is 1. The molecule has 7 rings (SSSR count). The maximum atomic E-state index is 14.6. The van der Waals surface area contributed by atoms with Crippen molar-refractivity contribution >= 4 is 56.2 Å². The first-order chi connectivity index (χ1) is 27.6. The first-order valence-corrected chi connectivity index (χ1v) is 21.4. The van der Waals surface area contributed by atoms with Crippen LogP contribution in [-0.2, 0) is 24.4 Å². The largest absolute Gasteiger partial charge is 0.497 e. The van der Waals surface area contributed by atoms with Gasteiger partial charge in [0.2, 0.25) is 27.7 Å². The van der Waals surface area contributed by atoms with Gasteiger partial charge in [-0.25, -0.2) is 18.2 Å². The molecule has 0 radical (unpaired) electrons. The van der Waals surface area contributed by atoms with Crippen molar-refractivity contribution in [3.63, 3.8) is 0 Å². The van der Waals surface area contributed by atoms with Crippen molar-refractivity contribution in [2.24, 2.45) is 17.8 Å². The van der Waals surface area contributed by atoms with Crippen molar-refractivity contribution in [3.8, 4) is 28.6 Å². The predicted molar refractivity (Wildman–Crippen MR) is 215 cm³/mol. The summed E-state index contributed by atoms with van der Waals surface area (Å²) < 4.78 is 45.4. The maximum absolute atomic E-state index is 14.6. The fraction of sp³-hybridized carbons (Fsp3) is 0.488. The number of carbonyl (C=O) groups excluding carboxylic acids is 3. The van der Waals surface area contributed by atoms with E-state index in [0.717, 1.165) is 11.8 Å². The molecule has 3 heterocycles. The van der Waals surface area contributed by atoms with E-state index in [1.165, 1.54) is 12.0 Å². The van der Waals surface area contributed by atoms with Crippen LogP contribution < -0.4 is 29.6 Å². The summed E-state index contributed by atoms with van der Waals surface area (Å²) in [5, 5.41) is 16.2. The minimum atomic E-state index is -3.94. The van der Waals surface area contributed by atoms with Gasteiger partial charge in [0.15, 0.2) is 0 Å². The van der Waals surface area contributed by atoms with Gasteiger partial charge in [0.25, 0.3) is 5.91 Å². The molecule has 2 aliphatic carbocycles. The van der Waals surface area contributed by atoms with Gasteiger partial charge >= 0.3 is 6.09 Å². The molecule has 0 spiro atoms. The van der Waals surface area contributed by atoms with Crippen LogP contribution >= 0.6 is 11.6 Å². The minimum absolute atomic E-state index is 0.0430. The van der Waals surface area contributed by atoms with Crippen LogP contribution in [-0.4, -0.2) is 97.0 Å². The Bertz CT molecular complexity index is 2270. The number of pyridine rings is 1. The Morgan fingerprint density at radius 1 is 1.03 bits per heavy atom. The molecule has 310 valence electrons. The SMILES string of the molecule is COc1ccc2c(O[C@@H]3C[C@H]4C(=O)N[C@]5(C(=O)NS(=O)(=O)C6CC6)C[C@H]5/C=C\CC[C@@H](C)C[C@@H](C)[C@H](NC(=O)O)C(=O)N4C3)nc(-c3ccc(OC)c(Cl)c3)cc2c1. The second-order valence-electron chi connectivity index (χ2n) is 15.9. The monoisotopic (exact) mass is 837 g/mol. The van der Waals surface area contributed by atoms with Crippen LogP contribution in [0.5, 0.6) is 17.4 Å². The van der Waals surface area contributed by atoms with Crippen molar-refractivity contribution in [1.29, 1.82) is 0 Å². The molecule has 3 aromatic rings. The Morgan fingerprint density at radius 2 is 1.81 bits per heavy atom. The summed E-state index contributed by atoms with van der Waals surface area (Å²) in [6, 6.07) is 10.1. The number of carboxylic acid groups (broad SMARTS) is 1. The first-order valence-electron chi connectivity index (χ1n) is 19.5. The highest BCUT2D eigenvalue weighted by atomic mass is 35.5. The second-order valence-corrected chi connectivity index (χ2v) is 18.3. The number of nitrogens with zero attached hydrogens (tertiary/aromatic N) is 2. The molecule has 4 aliphatic rings. The number of rotatable bonds is 9. The lowest BCUT2D eigenvalue weighted by Crippen LogP contribution is -2.59. The third-order valence-electron chi connectivity index (χ3n) is 11.6. The summed E-state index contributed by atoms with van der Waals surface area (Å²) in [6.45, 7) is 3.71. The van der Waals surface area contributed by atoms with E-state index in [4.69, 9.17) is 30.8 Å². The fourth-order valence-corrected chi connectivity index (χ4v) is 9.80. The number of methoxy groups -OCH3 is 2. The summed E-state index contributed by atoms with van der Waals surface area (Å²) in [4.78, 5) is 61.2. The normalized spacial score (nSPS) is 28.2. The lowest BCUT2D eigenvalue weighted by molar-refractivity contribution is -0.142. The molecule has 17 heteroatoms. The van der Waals surface area contributed by atoms with Gasteiger partial charge in [0.1, 0.15) is 35.2 Å². The van der Waals surface area contributed by atoms with Crippen LogP contribution in [0.2, 0.25) is 5.02 Å². The molecule has 2 aliphatic heterocycles. The molecule has 1 saturated heterocycles. The van der Waals surface area contributed by atoms with Gasteiger partial charge in [-0.15, -0.1) is 0 Å². The Balaban J connectivity index is 1.25. The van der Waals surface area contributed by atoms with E-state index in [1.807, 2.05) is 31.2 Å². The molecule has 58 heavy (non-hydrogen) atoms. The van der Waals surface area contributed by atoms with Crippen molar-refractivity contribution in [1.82, 2.24) is 25.2 Å². The van der Waals surface area contributed by atoms with E-state index in [0.29, 0.717) is 58.8 Å². The second kappa shape index (κ2) is 16.3. The van der Waals surface area contributed by atoms with Gasteiger partial charge in [-0.2, -0.15) is 0 Å². The number of amides is 4. The Morgan fingerprint density at radius 3 is 2.50 bits per heavy atom. The molecule has 0 unspecified atom stereocenters. The molecular formula is C41H48ClN5O10S. The Kier molecular flexibility index (Phi) is 11.5. The molecular weight excluding hydrogens is 790 g/mol. The number of aromatic nitrogens is 1. The highest BCUT2D eigenvalue weighted by Gasteiger charge is 2.62. The smallest absolute Gasteiger partial charge is 0.405 e. The molecule has 2 aromatic carbocycles. The van der Waals surface area contributed by atoms with E-state index in [9.17, 15) is 32.7 Å². The highest BCUT2D eigenvalue weighted by Crippen LogP contribution is 2.46. The van der Waals surface area contributed by atoms with E-state index < -0.39 is 74.7 Å². The summed E-state index contributed by atoms with van der Waals surface area (Å²) in [5.74, 6) is -1.68.